The van der Waals surface area contributed by atoms with E-state index in [4.69, 9.17) is 22.1 Å². The Bertz CT molecular complexity index is 1120. The van der Waals surface area contributed by atoms with E-state index in [0.29, 0.717) is 30.9 Å². The van der Waals surface area contributed by atoms with Gasteiger partial charge in [-0.15, -0.1) is 0 Å². The molecule has 5 nitrogen and oxygen atoms in total. The van der Waals surface area contributed by atoms with Crippen molar-refractivity contribution in [3.63, 3.8) is 0 Å². The summed E-state index contributed by atoms with van der Waals surface area (Å²) in [7, 11) is 1.75. The fourth-order valence-electron chi connectivity index (χ4n) is 4.91. The molecule has 2 atom stereocenters. The van der Waals surface area contributed by atoms with Gasteiger partial charge in [-0.1, -0.05) is 36.4 Å². The van der Waals surface area contributed by atoms with Gasteiger partial charge in [-0.3, -0.25) is 0 Å². The van der Waals surface area contributed by atoms with Crippen LogP contribution in [0.5, 0.6) is 0 Å². The van der Waals surface area contributed by atoms with Gasteiger partial charge in [0.25, 0.3) is 0 Å². The van der Waals surface area contributed by atoms with Crippen molar-refractivity contribution < 1.29 is 9.23 Å². The summed E-state index contributed by atoms with van der Waals surface area (Å²) >= 11 is 0. The van der Waals surface area contributed by atoms with Crippen LogP contribution < -0.4 is 5.73 Å². The molecule has 5 rings (SSSR count). The number of rotatable bonds is 1. The molecule has 6 heteroatoms. The summed E-state index contributed by atoms with van der Waals surface area (Å²) < 4.78 is 13.9. The van der Waals surface area contributed by atoms with Crippen LogP contribution in [-0.4, -0.2) is 18.1 Å². The number of hydrogen-bond acceptors (Lipinski definition) is 4. The predicted octanol–water partition coefficient (Wildman–Crippen LogP) is 4.83. The molecule has 0 saturated carbocycles. The highest BCUT2D eigenvalue weighted by molar-refractivity contribution is 5.79. The molecule has 0 bridgehead atoms. The lowest BCUT2D eigenvalue weighted by molar-refractivity contribution is -0.224. The van der Waals surface area contributed by atoms with Crippen LogP contribution in [0.4, 0.5) is 10.1 Å². The van der Waals surface area contributed by atoms with Crippen molar-refractivity contribution in [3.8, 4) is 11.1 Å². The van der Waals surface area contributed by atoms with Crippen molar-refractivity contribution in [1.29, 1.82) is 0 Å². The highest BCUT2D eigenvalue weighted by Crippen LogP contribution is 2.61. The molecule has 2 spiro atoms. The summed E-state index contributed by atoms with van der Waals surface area (Å²) in [5.74, 6) is 0.259. The van der Waals surface area contributed by atoms with Gasteiger partial charge in [0.05, 0.1) is 12.4 Å². The van der Waals surface area contributed by atoms with Crippen LogP contribution in [0.1, 0.15) is 30.4 Å². The summed E-state index contributed by atoms with van der Waals surface area (Å²) in [5, 5.41) is 1.51. The third kappa shape index (κ3) is 2.51. The molecule has 2 N–H and O–H groups in total. The van der Waals surface area contributed by atoms with Crippen LogP contribution in [0.15, 0.2) is 59.4 Å². The van der Waals surface area contributed by atoms with Crippen LogP contribution >= 0.6 is 0 Å². The maximum atomic E-state index is 13.9. The molecular weight excluding hydrogens is 367 g/mol. The van der Waals surface area contributed by atoms with Crippen molar-refractivity contribution in [3.05, 3.63) is 76.9 Å². The second kappa shape index (κ2) is 6.16. The monoisotopic (exact) mass is 388 g/mol. The lowest BCUT2D eigenvalue weighted by atomic mass is 9.69. The van der Waals surface area contributed by atoms with Gasteiger partial charge in [-0.25, -0.2) is 24.1 Å². The van der Waals surface area contributed by atoms with Gasteiger partial charge in [-0.2, -0.15) is 0 Å². The van der Waals surface area contributed by atoms with Gasteiger partial charge in [0.2, 0.25) is 11.7 Å². The number of fused-ring (bicyclic) bond motifs is 3. The zero-order valence-electron chi connectivity index (χ0n) is 16.2. The first kappa shape index (κ1) is 17.9. The van der Waals surface area contributed by atoms with Gasteiger partial charge >= 0.3 is 0 Å². The minimum atomic E-state index is -0.953. The molecule has 1 heterocycles. The predicted molar refractivity (Wildman–Crippen MR) is 109 cm³/mol. The van der Waals surface area contributed by atoms with Crippen LogP contribution in [0, 0.1) is 12.0 Å². The summed E-state index contributed by atoms with van der Waals surface area (Å²) in [6.07, 6.45) is 4.03. The van der Waals surface area contributed by atoms with Gasteiger partial charge in [0, 0.05) is 18.0 Å². The lowest BCUT2D eigenvalue weighted by Gasteiger charge is -2.42. The fourth-order valence-corrected chi connectivity index (χ4v) is 4.91. The number of nitrogens with zero attached hydrogens (tertiary/aromatic N) is 3. The maximum absolute atomic E-state index is 13.9. The third-order valence-corrected chi connectivity index (χ3v) is 6.45. The van der Waals surface area contributed by atoms with E-state index in [1.165, 1.54) is 5.06 Å². The molecule has 3 aliphatic rings. The van der Waals surface area contributed by atoms with E-state index in [0.717, 1.165) is 28.7 Å². The Balaban J connectivity index is 1.67. The Morgan fingerprint density at radius 3 is 2.76 bits per heavy atom. The van der Waals surface area contributed by atoms with Gasteiger partial charge in [0.15, 0.2) is 5.69 Å². The van der Waals surface area contributed by atoms with E-state index in [-0.39, 0.29) is 11.2 Å². The number of hydroxylamine groups is 2. The van der Waals surface area contributed by atoms with Gasteiger partial charge in [-0.05, 0) is 54.5 Å². The zero-order chi connectivity index (χ0) is 20.2. The van der Waals surface area contributed by atoms with Crippen molar-refractivity contribution >= 4 is 11.6 Å². The first-order valence-electron chi connectivity index (χ1n) is 9.70. The Labute approximate surface area is 169 Å². The largest absolute Gasteiger partial charge is 0.368 e. The first-order chi connectivity index (χ1) is 14.0. The molecule has 0 fully saturated rings. The minimum Gasteiger partial charge on any atom is -0.368 e. The van der Waals surface area contributed by atoms with Crippen LogP contribution in [0.2, 0.25) is 0 Å². The highest BCUT2D eigenvalue weighted by atomic mass is 19.1. The summed E-state index contributed by atoms with van der Waals surface area (Å²) in [6, 6.07) is 13.8. The molecular formula is C23H21FN4O. The van der Waals surface area contributed by atoms with E-state index in [2.05, 4.69) is 23.0 Å². The Hall–Kier alpha value is -3.17. The molecule has 0 aromatic heterocycles. The number of guanidine groups is 1. The van der Waals surface area contributed by atoms with E-state index >= 15 is 0 Å². The van der Waals surface area contributed by atoms with Gasteiger partial charge in [0.1, 0.15) is 0 Å². The SMILES string of the molecule is [C-]#[N+]c1cccc(-c2ccc3c(c2)C2(N=C(N)N(C)O2)C2(CC=C(F)CC2)C3)c1. The second-order valence-electron chi connectivity index (χ2n) is 8.05. The number of hydrogen-bond donors (Lipinski definition) is 1. The summed E-state index contributed by atoms with van der Waals surface area (Å²) in [5.41, 5.74) is 9.50. The quantitative estimate of drug-likeness (QED) is 0.712. The fraction of sp³-hybridized carbons (Fsp3) is 0.304. The topological polar surface area (TPSA) is 55.2 Å². The molecule has 0 radical (unpaired) electrons. The number of nitrogens with two attached hydrogens (primary N) is 1. The zero-order valence-corrected chi connectivity index (χ0v) is 16.2. The van der Waals surface area contributed by atoms with Crippen LogP contribution in [0.25, 0.3) is 16.0 Å². The number of allylic oxidation sites excluding steroid dienone is 2. The summed E-state index contributed by atoms with van der Waals surface area (Å²) in [4.78, 5) is 14.7. The first-order valence-corrected chi connectivity index (χ1v) is 9.70. The number of aliphatic imine (C=N–C) groups is 1. The van der Waals surface area contributed by atoms with E-state index in [1.54, 1.807) is 19.2 Å². The number of halogens is 1. The average Bonchev–Trinajstić information content (AvgIpc) is 3.18. The molecule has 29 heavy (non-hydrogen) atoms. The molecule has 2 aromatic carbocycles. The van der Waals surface area contributed by atoms with E-state index < -0.39 is 5.72 Å². The van der Waals surface area contributed by atoms with E-state index in [9.17, 15) is 4.39 Å². The molecule has 1 aliphatic heterocycles. The van der Waals surface area contributed by atoms with E-state index in [1.807, 2.05) is 18.2 Å². The van der Waals surface area contributed by atoms with Crippen LogP contribution in [0.3, 0.4) is 0 Å². The average molecular weight is 388 g/mol. The Kier molecular flexibility index (Phi) is 3.80. The molecule has 2 aromatic rings. The number of benzene rings is 2. The minimum absolute atomic E-state index is 0.0679. The Morgan fingerprint density at radius 2 is 2.07 bits per heavy atom. The molecule has 2 aliphatic carbocycles. The van der Waals surface area contributed by atoms with Crippen LogP contribution in [-0.2, 0) is 17.0 Å². The van der Waals surface area contributed by atoms with Gasteiger partial charge < -0.3 is 5.73 Å². The van der Waals surface area contributed by atoms with Crippen molar-refractivity contribution in [2.45, 2.75) is 31.4 Å². The molecule has 2 unspecified atom stereocenters. The maximum Gasteiger partial charge on any atom is 0.221 e. The molecule has 146 valence electrons. The summed E-state index contributed by atoms with van der Waals surface area (Å²) in [6.45, 7) is 7.28. The molecule has 0 saturated heterocycles. The highest BCUT2D eigenvalue weighted by Gasteiger charge is 2.62. The Morgan fingerprint density at radius 1 is 1.24 bits per heavy atom. The lowest BCUT2D eigenvalue weighted by Crippen LogP contribution is -2.44. The normalized spacial score (nSPS) is 27.7. The van der Waals surface area contributed by atoms with Crippen molar-refractivity contribution in [1.82, 2.24) is 5.06 Å². The van der Waals surface area contributed by atoms with Crippen molar-refractivity contribution in [2.24, 2.45) is 16.1 Å². The third-order valence-electron chi connectivity index (χ3n) is 6.45. The molecule has 0 amide bonds. The standard InChI is InChI=1S/C23H21FN4O/c1-26-19-5-3-4-15(12-19)16-6-7-17-14-22(10-8-18(24)9-11-22)23(20(17)13-16)27-21(25)28(2)29-23/h3-8,12-13H,9-11,14H2,2H3,(H2,25,27). The second-order valence-corrected chi connectivity index (χ2v) is 8.05. The van der Waals surface area contributed by atoms with Crippen molar-refractivity contribution in [2.75, 3.05) is 7.05 Å². The smallest absolute Gasteiger partial charge is 0.221 e.